The molecule has 1 aliphatic carbocycles. The number of anilines is 3. The molecule has 0 saturated heterocycles. The van der Waals surface area contributed by atoms with Crippen LogP contribution in [0.5, 0.6) is 0 Å². The Hall–Kier alpha value is -6.44. The van der Waals surface area contributed by atoms with Crippen LogP contribution in [0.25, 0.3) is 55.6 Å². The van der Waals surface area contributed by atoms with Gasteiger partial charge in [-0.1, -0.05) is 166 Å². The Balaban J connectivity index is 1.12. The molecule has 0 N–H and O–H groups in total. The molecule has 0 aromatic heterocycles. The van der Waals surface area contributed by atoms with Crippen LogP contribution in [-0.2, 0) is 5.41 Å². The molecule has 1 aliphatic rings. The van der Waals surface area contributed by atoms with Crippen LogP contribution in [0.4, 0.5) is 17.1 Å². The van der Waals surface area contributed by atoms with Crippen LogP contribution in [0.15, 0.2) is 188 Å². The average Bonchev–Trinajstić information content (AvgIpc) is 3.45. The maximum absolute atomic E-state index is 2.47. The van der Waals surface area contributed by atoms with Gasteiger partial charge in [0.1, 0.15) is 0 Å². The molecule has 0 unspecified atom stereocenters. The highest BCUT2D eigenvalue weighted by Crippen LogP contribution is 2.51. The van der Waals surface area contributed by atoms with Crippen LogP contribution in [0, 0.1) is 13.8 Å². The van der Waals surface area contributed by atoms with Gasteiger partial charge in [0.2, 0.25) is 0 Å². The van der Waals surface area contributed by atoms with Crippen LogP contribution in [0.1, 0.15) is 36.1 Å². The summed E-state index contributed by atoms with van der Waals surface area (Å²) in [7, 11) is 0. The lowest BCUT2D eigenvalue weighted by molar-refractivity contribution is 0.660. The number of aryl methyl sites for hydroxylation is 2. The summed E-state index contributed by atoms with van der Waals surface area (Å²) < 4.78 is 0. The van der Waals surface area contributed by atoms with Gasteiger partial charge in [0.25, 0.3) is 0 Å². The van der Waals surface area contributed by atoms with Gasteiger partial charge in [-0.3, -0.25) is 0 Å². The molecule has 0 fully saturated rings. The molecule has 0 aliphatic heterocycles. The Morgan fingerprint density at radius 1 is 0.333 bits per heavy atom. The molecule has 0 spiro atoms. The zero-order chi connectivity index (χ0) is 36.8. The van der Waals surface area contributed by atoms with Gasteiger partial charge in [-0.25, -0.2) is 0 Å². The fourth-order valence-corrected chi connectivity index (χ4v) is 8.49. The maximum Gasteiger partial charge on any atom is 0.0520 e. The van der Waals surface area contributed by atoms with Crippen molar-refractivity contribution in [1.82, 2.24) is 0 Å². The second-order valence-electron chi connectivity index (χ2n) is 15.1. The summed E-state index contributed by atoms with van der Waals surface area (Å²) in [5.74, 6) is 0. The van der Waals surface area contributed by atoms with Crippen molar-refractivity contribution in [1.29, 1.82) is 0 Å². The molecule has 8 aromatic carbocycles. The predicted octanol–water partition coefficient (Wildman–Crippen LogP) is 14.7. The molecule has 0 saturated carbocycles. The van der Waals surface area contributed by atoms with Crippen LogP contribution in [-0.4, -0.2) is 0 Å². The largest absolute Gasteiger partial charge is 0.310 e. The van der Waals surface area contributed by atoms with E-state index in [0.29, 0.717) is 0 Å². The van der Waals surface area contributed by atoms with E-state index in [4.69, 9.17) is 0 Å². The molecule has 1 nitrogen and oxygen atoms in total. The second-order valence-corrected chi connectivity index (χ2v) is 15.1. The first kappa shape index (κ1) is 33.4. The molecule has 8 aromatic rings. The number of benzene rings is 8. The van der Waals surface area contributed by atoms with E-state index < -0.39 is 0 Å². The summed E-state index contributed by atoms with van der Waals surface area (Å²) in [5.41, 5.74) is 21.1. The normalized spacial score (nSPS) is 12.6. The SMILES string of the molecule is Cc1cc(-c2ccc(-c3ccccc3)cc2)cc(C)c1N(c1ccc(-c2ccc(-c3ccccc3)cc2)cc1)c1ccc2c(c1)C(C)(C)c1ccccc1-2. The molecule has 0 radical (unpaired) electrons. The standard InChI is InChI=1S/C53H43N/c1-36-33-45(44-25-23-41(24-26-44)39-15-9-6-10-16-39)34-37(2)52(36)54(47-31-32-49-48-17-11-12-18-50(48)53(3,4)51(49)35-47)46-29-27-43(28-30-46)42-21-19-40(20-22-42)38-13-7-5-8-14-38/h5-35H,1-4H3. The number of fused-ring (bicyclic) bond motifs is 3. The van der Waals surface area contributed by atoms with Gasteiger partial charge in [0.05, 0.1) is 5.69 Å². The third kappa shape index (κ3) is 5.93. The third-order valence-electron chi connectivity index (χ3n) is 11.3. The first-order valence-electron chi connectivity index (χ1n) is 18.9. The molecular formula is C53H43N. The van der Waals surface area contributed by atoms with Gasteiger partial charge >= 0.3 is 0 Å². The van der Waals surface area contributed by atoms with Crippen molar-refractivity contribution in [3.63, 3.8) is 0 Å². The Bertz CT molecular complexity index is 2570. The van der Waals surface area contributed by atoms with Crippen molar-refractivity contribution in [2.45, 2.75) is 33.1 Å². The van der Waals surface area contributed by atoms with Crippen molar-refractivity contribution in [2.75, 3.05) is 4.90 Å². The number of hydrogen-bond donors (Lipinski definition) is 0. The van der Waals surface area contributed by atoms with Crippen LogP contribution in [0.3, 0.4) is 0 Å². The van der Waals surface area contributed by atoms with Crippen molar-refractivity contribution < 1.29 is 0 Å². The quantitative estimate of drug-likeness (QED) is 0.161. The summed E-state index contributed by atoms with van der Waals surface area (Å²) in [6, 6.07) is 68.8. The highest BCUT2D eigenvalue weighted by atomic mass is 15.1. The number of rotatable bonds is 7. The van der Waals surface area contributed by atoms with E-state index in [0.717, 1.165) is 5.69 Å². The molecule has 0 atom stereocenters. The molecule has 1 heteroatoms. The summed E-state index contributed by atoms with van der Waals surface area (Å²) in [4.78, 5) is 2.47. The van der Waals surface area contributed by atoms with Gasteiger partial charge in [0, 0.05) is 16.8 Å². The lowest BCUT2D eigenvalue weighted by Crippen LogP contribution is -2.17. The van der Waals surface area contributed by atoms with Crippen molar-refractivity contribution in [2.24, 2.45) is 0 Å². The Morgan fingerprint density at radius 2 is 0.722 bits per heavy atom. The molecule has 9 rings (SSSR count). The van der Waals surface area contributed by atoms with E-state index in [1.807, 2.05) is 0 Å². The Kier molecular flexibility index (Phi) is 8.36. The molecule has 260 valence electrons. The van der Waals surface area contributed by atoms with Gasteiger partial charge in [-0.2, -0.15) is 0 Å². The van der Waals surface area contributed by atoms with E-state index in [1.54, 1.807) is 0 Å². The summed E-state index contributed by atoms with van der Waals surface area (Å²) in [6.07, 6.45) is 0. The summed E-state index contributed by atoms with van der Waals surface area (Å²) in [5, 5.41) is 0. The van der Waals surface area contributed by atoms with Crippen molar-refractivity contribution in [3.8, 4) is 55.6 Å². The van der Waals surface area contributed by atoms with Crippen LogP contribution >= 0.6 is 0 Å². The van der Waals surface area contributed by atoms with Gasteiger partial charge in [0.15, 0.2) is 0 Å². The molecule has 0 bridgehead atoms. The lowest BCUT2D eigenvalue weighted by atomic mass is 9.82. The highest BCUT2D eigenvalue weighted by molar-refractivity contribution is 5.88. The van der Waals surface area contributed by atoms with Gasteiger partial charge in [-0.15, -0.1) is 0 Å². The minimum absolute atomic E-state index is 0.0940. The van der Waals surface area contributed by atoms with E-state index in [2.05, 4.69) is 221 Å². The predicted molar refractivity (Wildman–Crippen MR) is 230 cm³/mol. The summed E-state index contributed by atoms with van der Waals surface area (Å²) in [6.45, 7) is 9.23. The Labute approximate surface area is 319 Å². The number of nitrogens with zero attached hydrogens (tertiary/aromatic N) is 1. The van der Waals surface area contributed by atoms with Gasteiger partial charge in [-0.05, 0) is 128 Å². The minimum Gasteiger partial charge on any atom is -0.310 e. The lowest BCUT2D eigenvalue weighted by Gasteiger charge is -2.31. The smallest absolute Gasteiger partial charge is 0.0520 e. The third-order valence-corrected chi connectivity index (χ3v) is 11.3. The van der Waals surface area contributed by atoms with E-state index >= 15 is 0 Å². The first-order valence-corrected chi connectivity index (χ1v) is 18.9. The van der Waals surface area contributed by atoms with E-state index in [1.165, 1.54) is 89.3 Å². The molecule has 54 heavy (non-hydrogen) atoms. The highest BCUT2D eigenvalue weighted by Gasteiger charge is 2.36. The molecule has 0 amide bonds. The van der Waals surface area contributed by atoms with Crippen LogP contribution < -0.4 is 4.90 Å². The molecule has 0 heterocycles. The van der Waals surface area contributed by atoms with E-state index in [-0.39, 0.29) is 5.41 Å². The fraction of sp³-hybridized carbons (Fsp3) is 0.0943. The van der Waals surface area contributed by atoms with Crippen molar-refractivity contribution >= 4 is 17.1 Å². The zero-order valence-electron chi connectivity index (χ0n) is 31.3. The van der Waals surface area contributed by atoms with Gasteiger partial charge < -0.3 is 4.90 Å². The monoisotopic (exact) mass is 693 g/mol. The first-order chi connectivity index (χ1) is 26.3. The fourth-order valence-electron chi connectivity index (χ4n) is 8.49. The zero-order valence-corrected chi connectivity index (χ0v) is 31.3. The average molecular weight is 694 g/mol. The second kappa shape index (κ2) is 13.5. The van der Waals surface area contributed by atoms with E-state index in [9.17, 15) is 0 Å². The van der Waals surface area contributed by atoms with Crippen LogP contribution in [0.2, 0.25) is 0 Å². The van der Waals surface area contributed by atoms with Crippen molar-refractivity contribution in [3.05, 3.63) is 210 Å². The Morgan fingerprint density at radius 3 is 1.24 bits per heavy atom. The topological polar surface area (TPSA) is 3.24 Å². The minimum atomic E-state index is -0.0940. The molecular weight excluding hydrogens is 651 g/mol. The number of hydrogen-bond acceptors (Lipinski definition) is 1. The maximum atomic E-state index is 2.47. The summed E-state index contributed by atoms with van der Waals surface area (Å²) >= 11 is 0.